The molecule has 0 spiro atoms. The van der Waals surface area contributed by atoms with Gasteiger partial charge in [-0.1, -0.05) is 35.9 Å². The summed E-state index contributed by atoms with van der Waals surface area (Å²) < 4.78 is 9.50. The highest BCUT2D eigenvalue weighted by atomic mass is 16.6. The molecule has 0 heterocycles. The minimum atomic E-state index is -1.41. The van der Waals surface area contributed by atoms with E-state index < -0.39 is 23.9 Å². The number of ether oxygens (including phenoxy) is 2. The van der Waals surface area contributed by atoms with Crippen molar-refractivity contribution >= 4 is 17.8 Å². The van der Waals surface area contributed by atoms with Crippen LogP contribution in [0.2, 0.25) is 0 Å². The molecule has 22 heavy (non-hydrogen) atoms. The van der Waals surface area contributed by atoms with Crippen LogP contribution in [-0.2, 0) is 25.7 Å². The summed E-state index contributed by atoms with van der Waals surface area (Å²) in [4.78, 5) is 35.2. The van der Waals surface area contributed by atoms with E-state index in [0.717, 1.165) is 12.7 Å². The fourth-order valence-electron chi connectivity index (χ4n) is 1.61. The Morgan fingerprint density at radius 3 is 2.36 bits per heavy atom. The lowest BCUT2D eigenvalue weighted by atomic mass is 10.1. The van der Waals surface area contributed by atoms with Crippen molar-refractivity contribution in [1.29, 1.82) is 0 Å². The highest BCUT2D eigenvalue weighted by molar-refractivity contribution is 6.10. The summed E-state index contributed by atoms with van der Waals surface area (Å²) in [5.41, 5.74) is 1.50. The van der Waals surface area contributed by atoms with Crippen LogP contribution in [0.3, 0.4) is 0 Å². The van der Waals surface area contributed by atoms with Crippen LogP contribution >= 0.6 is 0 Å². The Balaban J connectivity index is 2.65. The largest absolute Gasteiger partial charge is 0.467 e. The van der Waals surface area contributed by atoms with Crippen molar-refractivity contribution in [3.8, 4) is 0 Å². The zero-order valence-corrected chi connectivity index (χ0v) is 12.8. The number of amides is 1. The number of esters is 1. The van der Waals surface area contributed by atoms with Crippen LogP contribution in [0.5, 0.6) is 0 Å². The second kappa shape index (κ2) is 8.61. The van der Waals surface area contributed by atoms with Crippen molar-refractivity contribution in [2.75, 3.05) is 7.11 Å². The lowest BCUT2D eigenvalue weighted by molar-refractivity contribution is -0.145. The third-order valence-electron chi connectivity index (χ3n) is 2.63. The monoisotopic (exact) mass is 305 g/mol. The summed E-state index contributed by atoms with van der Waals surface area (Å²) in [6.07, 6.45) is 0.397. The van der Waals surface area contributed by atoms with Gasteiger partial charge in [0.25, 0.3) is 0 Å². The van der Waals surface area contributed by atoms with E-state index in [4.69, 9.17) is 4.74 Å². The smallest absolute Gasteiger partial charge is 0.408 e. The van der Waals surface area contributed by atoms with Crippen LogP contribution in [0.15, 0.2) is 42.0 Å². The molecule has 0 aliphatic carbocycles. The molecule has 0 fully saturated rings. The quantitative estimate of drug-likeness (QED) is 0.494. The minimum Gasteiger partial charge on any atom is -0.467 e. The highest BCUT2D eigenvalue weighted by Crippen LogP contribution is 2.02. The van der Waals surface area contributed by atoms with Crippen molar-refractivity contribution < 1.29 is 23.9 Å². The number of ketones is 1. The summed E-state index contributed by atoms with van der Waals surface area (Å²) in [5, 5.41) is 2.21. The molecule has 1 unspecified atom stereocenters. The molecule has 0 saturated heterocycles. The fourth-order valence-corrected chi connectivity index (χ4v) is 1.61. The van der Waals surface area contributed by atoms with Gasteiger partial charge in [-0.05, 0) is 25.5 Å². The van der Waals surface area contributed by atoms with Crippen molar-refractivity contribution in [1.82, 2.24) is 5.32 Å². The number of carbonyl (C=O) groups excluding carboxylic acids is 3. The maximum atomic E-state index is 11.9. The first-order chi connectivity index (χ1) is 10.4. The zero-order chi connectivity index (χ0) is 16.5. The number of benzene rings is 1. The predicted molar refractivity (Wildman–Crippen MR) is 80.0 cm³/mol. The topological polar surface area (TPSA) is 81.7 Å². The average Bonchev–Trinajstić information content (AvgIpc) is 2.50. The van der Waals surface area contributed by atoms with E-state index in [0.29, 0.717) is 5.57 Å². The van der Waals surface area contributed by atoms with Gasteiger partial charge in [0.1, 0.15) is 6.61 Å². The van der Waals surface area contributed by atoms with E-state index in [2.05, 4.69) is 10.1 Å². The first-order valence-corrected chi connectivity index (χ1v) is 6.68. The molecular formula is C16H19NO5. The Morgan fingerprint density at radius 2 is 1.82 bits per heavy atom. The van der Waals surface area contributed by atoms with Gasteiger partial charge in [0.15, 0.2) is 11.8 Å². The zero-order valence-electron chi connectivity index (χ0n) is 12.8. The number of nitrogens with one attached hydrogen (secondary N) is 1. The molecule has 118 valence electrons. The third kappa shape index (κ3) is 5.78. The van der Waals surface area contributed by atoms with E-state index >= 15 is 0 Å². The van der Waals surface area contributed by atoms with Gasteiger partial charge in [0, 0.05) is 0 Å². The van der Waals surface area contributed by atoms with Gasteiger partial charge in [-0.2, -0.15) is 0 Å². The van der Waals surface area contributed by atoms with Crippen LogP contribution in [0.25, 0.3) is 0 Å². The summed E-state index contributed by atoms with van der Waals surface area (Å²) in [7, 11) is 1.14. The molecule has 6 heteroatoms. The Bertz CT molecular complexity index is 561. The molecule has 1 atom stereocenters. The maximum absolute atomic E-state index is 11.9. The lowest BCUT2D eigenvalue weighted by Gasteiger charge is -2.14. The van der Waals surface area contributed by atoms with Gasteiger partial charge in [0.2, 0.25) is 0 Å². The van der Waals surface area contributed by atoms with Gasteiger partial charge >= 0.3 is 12.1 Å². The molecule has 1 N–H and O–H groups in total. The molecule has 6 nitrogen and oxygen atoms in total. The Kier molecular flexibility index (Phi) is 6.82. The second-order valence-corrected chi connectivity index (χ2v) is 4.79. The fraction of sp³-hybridized carbons (Fsp3) is 0.312. The Morgan fingerprint density at radius 1 is 1.18 bits per heavy atom. The number of methoxy groups -OCH3 is 1. The van der Waals surface area contributed by atoms with Crippen molar-refractivity contribution in [2.45, 2.75) is 26.5 Å². The van der Waals surface area contributed by atoms with Crippen molar-refractivity contribution in [3.63, 3.8) is 0 Å². The first-order valence-electron chi connectivity index (χ1n) is 6.68. The predicted octanol–water partition coefficient (Wildman–Crippen LogP) is 1.99. The molecule has 1 aromatic rings. The molecule has 0 aromatic heterocycles. The number of carbonyl (C=O) groups is 3. The minimum absolute atomic E-state index is 0.0391. The van der Waals surface area contributed by atoms with Crippen molar-refractivity contribution in [3.05, 3.63) is 47.5 Å². The summed E-state index contributed by atoms with van der Waals surface area (Å²) in [6.45, 7) is 3.46. The molecule has 0 saturated carbocycles. The van der Waals surface area contributed by atoms with E-state index in [9.17, 15) is 14.4 Å². The molecule has 0 bridgehead atoms. The normalized spacial score (nSPS) is 11.0. The summed E-state index contributed by atoms with van der Waals surface area (Å²) >= 11 is 0. The van der Waals surface area contributed by atoms with Crippen LogP contribution in [0.1, 0.15) is 19.4 Å². The van der Waals surface area contributed by atoms with E-state index in [1.165, 1.54) is 6.08 Å². The molecule has 0 aliphatic heterocycles. The molecule has 0 aliphatic rings. The number of allylic oxidation sites excluding steroid dienone is 1. The molecule has 1 aromatic carbocycles. The van der Waals surface area contributed by atoms with Crippen LogP contribution in [0, 0.1) is 0 Å². The van der Waals surface area contributed by atoms with Crippen LogP contribution < -0.4 is 5.32 Å². The SMILES string of the molecule is COC(=O)C(NC(=O)OCc1ccccc1)C(=O)C=C(C)C. The molecule has 1 rings (SSSR count). The first kappa shape index (κ1) is 17.4. The molecule has 0 radical (unpaired) electrons. The molecule has 1 amide bonds. The van der Waals surface area contributed by atoms with E-state index in [1.807, 2.05) is 18.2 Å². The highest BCUT2D eigenvalue weighted by Gasteiger charge is 2.28. The van der Waals surface area contributed by atoms with E-state index in [-0.39, 0.29) is 6.61 Å². The standard InChI is InChI=1S/C16H19NO5/c1-11(2)9-13(18)14(15(19)21-3)17-16(20)22-10-12-7-5-4-6-8-12/h4-9,14H,10H2,1-3H3,(H,17,20). The third-order valence-corrected chi connectivity index (χ3v) is 2.63. The van der Waals surface area contributed by atoms with E-state index in [1.54, 1.807) is 26.0 Å². The van der Waals surface area contributed by atoms with Gasteiger partial charge in [-0.3, -0.25) is 4.79 Å². The molecular weight excluding hydrogens is 286 g/mol. The van der Waals surface area contributed by atoms with Gasteiger partial charge in [-0.15, -0.1) is 0 Å². The number of hydrogen-bond donors (Lipinski definition) is 1. The number of rotatable bonds is 6. The Hall–Kier alpha value is -2.63. The summed E-state index contributed by atoms with van der Waals surface area (Å²) in [5.74, 6) is -1.41. The Labute approximate surface area is 129 Å². The van der Waals surface area contributed by atoms with Crippen LogP contribution in [0.4, 0.5) is 4.79 Å². The van der Waals surface area contributed by atoms with Crippen molar-refractivity contribution in [2.24, 2.45) is 0 Å². The van der Waals surface area contributed by atoms with Gasteiger partial charge < -0.3 is 14.8 Å². The average molecular weight is 305 g/mol. The number of alkyl carbamates (subject to hydrolysis) is 1. The lowest BCUT2D eigenvalue weighted by Crippen LogP contribution is -2.46. The number of hydrogen-bond acceptors (Lipinski definition) is 5. The van der Waals surface area contributed by atoms with Crippen LogP contribution in [-0.4, -0.2) is 31.0 Å². The second-order valence-electron chi connectivity index (χ2n) is 4.79. The van der Waals surface area contributed by atoms with Gasteiger partial charge in [-0.25, -0.2) is 9.59 Å². The summed E-state index contributed by atoms with van der Waals surface area (Å²) in [6, 6.07) is 7.63. The van der Waals surface area contributed by atoms with Gasteiger partial charge in [0.05, 0.1) is 7.11 Å². The maximum Gasteiger partial charge on any atom is 0.408 e.